The van der Waals surface area contributed by atoms with Crippen molar-refractivity contribution >= 4 is 58.2 Å². The molecule has 0 aliphatic carbocycles. The lowest BCUT2D eigenvalue weighted by Crippen LogP contribution is -2.29. The number of halogens is 3. The molecule has 0 spiro atoms. The lowest BCUT2D eigenvalue weighted by Gasteiger charge is -2.21. The zero-order valence-corrected chi connectivity index (χ0v) is 31.0. The summed E-state index contributed by atoms with van der Waals surface area (Å²) in [5.41, 5.74) is 6.16. The first-order chi connectivity index (χ1) is 28.1. The van der Waals surface area contributed by atoms with Crippen LogP contribution in [-0.2, 0) is 12.6 Å². The summed E-state index contributed by atoms with van der Waals surface area (Å²) in [6.45, 7) is 3.36. The number of Topliss-reactive ketones (excluding diaryl/α,β-unsaturated/α-hetero) is 1. The van der Waals surface area contributed by atoms with Gasteiger partial charge in [-0.1, -0.05) is 24.3 Å². The molecular formula is C44H29F3N6O6. The lowest BCUT2D eigenvalue weighted by molar-refractivity contribution is -0.137. The van der Waals surface area contributed by atoms with Gasteiger partial charge in [-0.3, -0.25) is 33.8 Å². The number of ketones is 1. The Morgan fingerprint density at radius 1 is 0.627 bits per heavy atom. The van der Waals surface area contributed by atoms with Gasteiger partial charge in [-0.2, -0.15) is 13.2 Å². The van der Waals surface area contributed by atoms with Crippen molar-refractivity contribution < 1.29 is 41.9 Å². The van der Waals surface area contributed by atoms with Crippen LogP contribution >= 0.6 is 0 Å². The Kier molecular flexibility index (Phi) is 9.22. The van der Waals surface area contributed by atoms with Crippen molar-refractivity contribution in [2.45, 2.75) is 26.4 Å². The third kappa shape index (κ3) is 6.88. The number of carbonyl (C=O) groups excluding carboxylic acids is 6. The average Bonchev–Trinajstić information content (AvgIpc) is 3.61. The molecule has 2 aliphatic heterocycles. The van der Waals surface area contributed by atoms with E-state index in [1.54, 1.807) is 24.4 Å². The monoisotopic (exact) mass is 794 g/mol. The van der Waals surface area contributed by atoms with Crippen molar-refractivity contribution in [2.24, 2.45) is 0 Å². The first-order valence-corrected chi connectivity index (χ1v) is 17.9. The molecule has 3 N–H and O–H groups in total. The van der Waals surface area contributed by atoms with Gasteiger partial charge in [0, 0.05) is 23.0 Å². The molecule has 12 nitrogen and oxygen atoms in total. The van der Waals surface area contributed by atoms with E-state index in [1.807, 2.05) is 6.92 Å². The second kappa shape index (κ2) is 14.3. The summed E-state index contributed by atoms with van der Waals surface area (Å²) >= 11 is 0. The fraction of sp³-hybridized carbons (Fsp3) is 0.0909. The molecule has 0 unspecified atom stereocenters. The van der Waals surface area contributed by atoms with E-state index in [4.69, 9.17) is 5.73 Å². The summed E-state index contributed by atoms with van der Waals surface area (Å²) < 4.78 is 44.3. The van der Waals surface area contributed by atoms with Crippen molar-refractivity contribution in [1.82, 2.24) is 9.97 Å². The molecule has 15 heteroatoms. The van der Waals surface area contributed by atoms with Crippen LogP contribution in [-0.4, -0.2) is 45.3 Å². The van der Waals surface area contributed by atoms with E-state index < -0.39 is 41.3 Å². The zero-order valence-electron chi connectivity index (χ0n) is 31.0. The predicted molar refractivity (Wildman–Crippen MR) is 210 cm³/mol. The van der Waals surface area contributed by atoms with E-state index >= 15 is 0 Å². The molecular weight excluding hydrogens is 766 g/mol. The molecule has 0 fully saturated rings. The van der Waals surface area contributed by atoms with E-state index in [0.717, 1.165) is 16.5 Å². The van der Waals surface area contributed by atoms with Gasteiger partial charge in [0.25, 0.3) is 29.5 Å². The second-order valence-corrected chi connectivity index (χ2v) is 14.0. The number of nitrogens with one attached hydrogen (secondary N) is 1. The van der Waals surface area contributed by atoms with Crippen molar-refractivity contribution in [3.05, 3.63) is 165 Å². The lowest BCUT2D eigenvalue weighted by atomic mass is 9.94. The van der Waals surface area contributed by atoms with E-state index in [-0.39, 0.29) is 79.5 Å². The van der Waals surface area contributed by atoms with Crippen molar-refractivity contribution in [2.75, 3.05) is 20.9 Å². The molecule has 4 heterocycles. The standard InChI is InChI=1S/C44H29F3N6O6/c1-22-3-7-27(49-20-22)18-37(54)24-4-10-32-34(16-24)42(58)53(41(32)57)29-9-13-31(36(19-29)44(45,46)47)30-12-8-28(15-23(30)2)52-40(56)33-11-5-25(17-35(33)43(52)59)39(55)51-38-14-6-26(48)21-50-38/h3-17,19-21H,18,48H2,1-2H3,(H,50,51,55). The van der Waals surface area contributed by atoms with Gasteiger partial charge in [-0.25, -0.2) is 14.8 Å². The minimum Gasteiger partial charge on any atom is -0.397 e. The van der Waals surface area contributed by atoms with Gasteiger partial charge in [0.05, 0.1) is 57.5 Å². The van der Waals surface area contributed by atoms with Gasteiger partial charge >= 0.3 is 6.18 Å². The predicted octanol–water partition coefficient (Wildman–Crippen LogP) is 7.64. The van der Waals surface area contributed by atoms with Gasteiger partial charge in [0.15, 0.2) is 5.78 Å². The highest BCUT2D eigenvalue weighted by Crippen LogP contribution is 2.43. The topological polar surface area (TPSA) is 173 Å². The number of fused-ring (bicyclic) bond motifs is 2. The van der Waals surface area contributed by atoms with E-state index in [9.17, 15) is 41.9 Å². The molecule has 0 saturated heterocycles. The molecule has 0 saturated carbocycles. The van der Waals surface area contributed by atoms with Crippen LogP contribution in [0.5, 0.6) is 0 Å². The average molecular weight is 795 g/mol. The van der Waals surface area contributed by atoms with Crippen LogP contribution in [0.25, 0.3) is 11.1 Å². The number of anilines is 4. The summed E-state index contributed by atoms with van der Waals surface area (Å²) in [6, 6.07) is 21.6. The van der Waals surface area contributed by atoms with Gasteiger partial charge in [0.1, 0.15) is 5.82 Å². The molecule has 2 aromatic heterocycles. The summed E-state index contributed by atoms with van der Waals surface area (Å²) in [4.78, 5) is 89.8. The van der Waals surface area contributed by atoms with Crippen LogP contribution in [0.4, 0.5) is 36.1 Å². The van der Waals surface area contributed by atoms with Gasteiger partial charge in [0.2, 0.25) is 0 Å². The molecule has 292 valence electrons. The molecule has 0 radical (unpaired) electrons. The fourth-order valence-electron chi connectivity index (χ4n) is 7.03. The van der Waals surface area contributed by atoms with Crippen molar-refractivity contribution in [1.29, 1.82) is 0 Å². The Morgan fingerprint density at radius 3 is 1.78 bits per heavy atom. The van der Waals surface area contributed by atoms with E-state index in [2.05, 4.69) is 15.3 Å². The highest BCUT2D eigenvalue weighted by atomic mass is 19.4. The molecule has 6 aromatic rings. The minimum absolute atomic E-state index is 0.0318. The Balaban J connectivity index is 1.04. The van der Waals surface area contributed by atoms with Gasteiger partial charge in [-0.05, 0) is 109 Å². The molecule has 5 amide bonds. The molecule has 0 atom stereocenters. The first kappa shape index (κ1) is 38.1. The van der Waals surface area contributed by atoms with E-state index in [0.29, 0.717) is 22.3 Å². The number of amides is 5. The smallest absolute Gasteiger partial charge is 0.397 e. The Bertz CT molecular complexity index is 2820. The number of hydrogen-bond donors (Lipinski definition) is 2. The van der Waals surface area contributed by atoms with E-state index in [1.165, 1.54) is 79.9 Å². The van der Waals surface area contributed by atoms with Crippen LogP contribution in [0.1, 0.15) is 84.5 Å². The molecule has 8 rings (SSSR count). The first-order valence-electron chi connectivity index (χ1n) is 17.9. The molecule has 0 bridgehead atoms. The largest absolute Gasteiger partial charge is 0.417 e. The molecule has 59 heavy (non-hydrogen) atoms. The highest BCUT2D eigenvalue weighted by molar-refractivity contribution is 6.35. The highest BCUT2D eigenvalue weighted by Gasteiger charge is 2.41. The van der Waals surface area contributed by atoms with Crippen molar-refractivity contribution in [3.63, 3.8) is 0 Å². The summed E-state index contributed by atoms with van der Waals surface area (Å²) in [7, 11) is 0. The quantitative estimate of drug-likeness (QED) is 0.116. The number of nitrogen functional groups attached to an aromatic ring is 1. The second-order valence-electron chi connectivity index (χ2n) is 14.0. The van der Waals surface area contributed by atoms with Crippen LogP contribution in [0, 0.1) is 13.8 Å². The number of carbonyl (C=O) groups is 6. The number of aryl methyl sites for hydroxylation is 2. The fourth-order valence-corrected chi connectivity index (χ4v) is 7.03. The van der Waals surface area contributed by atoms with Gasteiger partial charge in [-0.15, -0.1) is 0 Å². The Hall–Kier alpha value is -7.81. The molecule has 2 aliphatic rings. The third-order valence-corrected chi connectivity index (χ3v) is 10.0. The van der Waals surface area contributed by atoms with Crippen LogP contribution in [0.15, 0.2) is 109 Å². The third-order valence-electron chi connectivity index (χ3n) is 10.0. The Labute approximate surface area is 333 Å². The number of imide groups is 2. The number of hydrogen-bond acceptors (Lipinski definition) is 9. The van der Waals surface area contributed by atoms with Gasteiger partial charge < -0.3 is 11.1 Å². The normalized spacial score (nSPS) is 13.5. The number of rotatable bonds is 8. The Morgan fingerprint density at radius 2 is 1.20 bits per heavy atom. The molecule has 4 aromatic carbocycles. The SMILES string of the molecule is Cc1ccc(CC(=O)c2ccc3c(c2)C(=O)N(c2ccc(-c4ccc(N5C(=O)c6ccc(C(=O)Nc7ccc(N)cn7)cc6C5=O)cc4C)c(C(F)(F)F)c2)C3=O)nc1. The summed E-state index contributed by atoms with van der Waals surface area (Å²) in [5, 5.41) is 2.59. The number of pyridine rings is 2. The maximum atomic E-state index is 14.8. The van der Waals surface area contributed by atoms with Crippen LogP contribution in [0.2, 0.25) is 0 Å². The number of benzene rings is 4. The van der Waals surface area contributed by atoms with Crippen LogP contribution in [0.3, 0.4) is 0 Å². The summed E-state index contributed by atoms with van der Waals surface area (Å²) in [6.07, 6.45) is -2.04. The van der Waals surface area contributed by atoms with Crippen molar-refractivity contribution in [3.8, 4) is 11.1 Å². The number of aromatic nitrogens is 2. The minimum atomic E-state index is -4.95. The zero-order chi connectivity index (χ0) is 41.9. The number of nitrogens with two attached hydrogens (primary N) is 1. The number of alkyl halides is 3. The maximum Gasteiger partial charge on any atom is 0.417 e. The van der Waals surface area contributed by atoms with Crippen LogP contribution < -0.4 is 20.9 Å². The number of nitrogens with zero attached hydrogens (tertiary/aromatic N) is 4. The summed E-state index contributed by atoms with van der Waals surface area (Å²) in [5.74, 6) is -3.90. The maximum absolute atomic E-state index is 14.8.